The average molecular weight is 349 g/mol. The number of carbonyl (C=O) groups is 2. The molecule has 3 rings (SSSR count). The fraction of sp³-hybridized carbons (Fsp3) is 0.273. The Morgan fingerprint density at radius 2 is 1.85 bits per heavy atom. The van der Waals surface area contributed by atoms with E-state index in [1.165, 1.54) is 11.6 Å². The molecule has 0 heterocycles. The summed E-state index contributed by atoms with van der Waals surface area (Å²) in [5.41, 5.74) is 3.34. The summed E-state index contributed by atoms with van der Waals surface area (Å²) in [6.45, 7) is 1.60. The van der Waals surface area contributed by atoms with E-state index in [0.717, 1.165) is 30.4 Å². The Kier molecular flexibility index (Phi) is 5.84. The summed E-state index contributed by atoms with van der Waals surface area (Å²) in [6, 6.07) is 17.6. The van der Waals surface area contributed by atoms with Crippen molar-refractivity contribution in [1.82, 2.24) is 5.32 Å². The van der Waals surface area contributed by atoms with Crippen LogP contribution in [-0.2, 0) is 20.7 Å². The minimum Gasteiger partial charge on any atom is -0.449 e. The summed E-state index contributed by atoms with van der Waals surface area (Å²) < 4.78 is 5.23. The minimum absolute atomic E-state index is 0.0199. The molecule has 0 saturated carbocycles. The van der Waals surface area contributed by atoms with Gasteiger partial charge in [0.1, 0.15) is 0 Å². The first-order valence-corrected chi connectivity index (χ1v) is 8.95. The van der Waals surface area contributed by atoms with Crippen molar-refractivity contribution in [2.45, 2.75) is 38.3 Å². The van der Waals surface area contributed by atoms with Gasteiger partial charge in [0.25, 0.3) is 5.91 Å². The Morgan fingerprint density at radius 3 is 2.65 bits per heavy atom. The third kappa shape index (κ3) is 4.60. The van der Waals surface area contributed by atoms with Gasteiger partial charge in [0.15, 0.2) is 6.10 Å². The van der Waals surface area contributed by atoms with Crippen LogP contribution in [0.4, 0.5) is 0 Å². The molecule has 0 aliphatic heterocycles. The van der Waals surface area contributed by atoms with Crippen LogP contribution < -0.4 is 5.32 Å². The molecular formula is C22H23NO3. The number of fused-ring (bicyclic) bond motifs is 1. The zero-order valence-electron chi connectivity index (χ0n) is 14.9. The van der Waals surface area contributed by atoms with Crippen LogP contribution in [0.3, 0.4) is 0 Å². The van der Waals surface area contributed by atoms with Crippen LogP contribution in [0.5, 0.6) is 0 Å². The highest BCUT2D eigenvalue weighted by Gasteiger charge is 2.24. The third-order valence-corrected chi connectivity index (χ3v) is 4.56. The number of benzene rings is 2. The van der Waals surface area contributed by atoms with Gasteiger partial charge in [-0.3, -0.25) is 4.79 Å². The first kappa shape index (κ1) is 17.9. The molecule has 2 unspecified atom stereocenters. The molecule has 2 aromatic carbocycles. The van der Waals surface area contributed by atoms with Crippen molar-refractivity contribution in [2.24, 2.45) is 0 Å². The van der Waals surface area contributed by atoms with Gasteiger partial charge < -0.3 is 10.1 Å². The van der Waals surface area contributed by atoms with Crippen LogP contribution in [0.2, 0.25) is 0 Å². The normalized spacial score (nSPS) is 17.3. The van der Waals surface area contributed by atoms with Gasteiger partial charge in [-0.05, 0) is 49.0 Å². The Bertz CT molecular complexity index is 798. The number of rotatable bonds is 5. The highest BCUT2D eigenvalue weighted by Crippen LogP contribution is 2.29. The number of esters is 1. The van der Waals surface area contributed by atoms with Gasteiger partial charge in [-0.2, -0.15) is 0 Å². The highest BCUT2D eigenvalue weighted by molar-refractivity contribution is 5.90. The summed E-state index contributed by atoms with van der Waals surface area (Å²) in [6.07, 6.45) is 5.15. The van der Waals surface area contributed by atoms with Gasteiger partial charge in [0, 0.05) is 6.08 Å². The first-order valence-electron chi connectivity index (χ1n) is 8.95. The molecule has 0 saturated heterocycles. The molecule has 1 aliphatic rings. The lowest BCUT2D eigenvalue weighted by atomic mass is 9.87. The molecule has 1 aliphatic carbocycles. The third-order valence-electron chi connectivity index (χ3n) is 4.56. The summed E-state index contributed by atoms with van der Waals surface area (Å²) in [4.78, 5) is 24.4. The smallest absolute Gasteiger partial charge is 0.331 e. The number of amides is 1. The zero-order valence-corrected chi connectivity index (χ0v) is 14.9. The summed E-state index contributed by atoms with van der Waals surface area (Å²) in [7, 11) is 0. The van der Waals surface area contributed by atoms with Crippen LogP contribution in [-0.4, -0.2) is 18.0 Å². The molecule has 1 amide bonds. The standard InChI is InChI=1S/C22H23NO3/c1-16(26-21(24)15-14-17-8-3-2-4-9-17)22(25)23-20-13-7-11-18-10-5-6-12-19(18)20/h2-6,8-10,12,14-16,20H,7,11,13H2,1H3,(H,23,25)/b15-14+. The molecule has 4 nitrogen and oxygen atoms in total. The van der Waals surface area contributed by atoms with E-state index in [2.05, 4.69) is 17.4 Å². The predicted octanol–water partition coefficient (Wildman–Crippen LogP) is 3.83. The SMILES string of the molecule is CC(OC(=O)/C=C/c1ccccc1)C(=O)NC1CCCc2ccccc21. The fourth-order valence-corrected chi connectivity index (χ4v) is 3.19. The summed E-state index contributed by atoms with van der Waals surface area (Å²) in [5.74, 6) is -0.797. The van der Waals surface area contributed by atoms with Crippen LogP contribution in [0.15, 0.2) is 60.7 Å². The molecule has 0 fully saturated rings. The number of hydrogen-bond acceptors (Lipinski definition) is 3. The Balaban J connectivity index is 1.55. The van der Waals surface area contributed by atoms with Crippen LogP contribution >= 0.6 is 0 Å². The lowest BCUT2D eigenvalue weighted by Gasteiger charge is -2.27. The van der Waals surface area contributed by atoms with E-state index < -0.39 is 12.1 Å². The van der Waals surface area contributed by atoms with Gasteiger partial charge >= 0.3 is 5.97 Å². The summed E-state index contributed by atoms with van der Waals surface area (Å²) >= 11 is 0. The lowest BCUT2D eigenvalue weighted by molar-refractivity contribution is -0.150. The van der Waals surface area contributed by atoms with Gasteiger partial charge in [-0.25, -0.2) is 4.79 Å². The van der Waals surface area contributed by atoms with E-state index in [9.17, 15) is 9.59 Å². The van der Waals surface area contributed by atoms with Crippen LogP contribution in [0.25, 0.3) is 6.08 Å². The van der Waals surface area contributed by atoms with E-state index in [1.54, 1.807) is 13.0 Å². The number of hydrogen-bond donors (Lipinski definition) is 1. The Hall–Kier alpha value is -2.88. The number of nitrogens with one attached hydrogen (secondary N) is 1. The second kappa shape index (κ2) is 8.48. The highest BCUT2D eigenvalue weighted by atomic mass is 16.5. The predicted molar refractivity (Wildman–Crippen MR) is 101 cm³/mol. The van der Waals surface area contributed by atoms with Crippen LogP contribution in [0.1, 0.15) is 42.5 Å². The molecule has 0 spiro atoms. The molecule has 0 bridgehead atoms. The molecule has 2 atom stereocenters. The molecule has 2 aromatic rings. The fourth-order valence-electron chi connectivity index (χ4n) is 3.19. The molecule has 1 N–H and O–H groups in total. The van der Waals surface area contributed by atoms with E-state index in [4.69, 9.17) is 4.74 Å². The van der Waals surface area contributed by atoms with Gasteiger partial charge in [-0.1, -0.05) is 54.6 Å². The average Bonchev–Trinajstić information content (AvgIpc) is 2.67. The second-order valence-electron chi connectivity index (χ2n) is 6.48. The molecule has 134 valence electrons. The van der Waals surface area contributed by atoms with Crippen LogP contribution in [0, 0.1) is 0 Å². The van der Waals surface area contributed by atoms with Crippen molar-refractivity contribution < 1.29 is 14.3 Å². The number of carbonyl (C=O) groups excluding carboxylic acids is 2. The monoisotopic (exact) mass is 349 g/mol. The maximum absolute atomic E-state index is 12.4. The van der Waals surface area contributed by atoms with E-state index in [0.29, 0.717) is 0 Å². The molecule has 4 heteroatoms. The van der Waals surface area contributed by atoms with Crippen molar-refractivity contribution >= 4 is 18.0 Å². The number of aryl methyl sites for hydroxylation is 1. The molecular weight excluding hydrogens is 326 g/mol. The maximum atomic E-state index is 12.4. The van der Waals surface area contributed by atoms with Gasteiger partial charge in [0.05, 0.1) is 6.04 Å². The Morgan fingerprint density at radius 1 is 1.12 bits per heavy atom. The van der Waals surface area contributed by atoms with Crippen molar-refractivity contribution in [3.05, 3.63) is 77.4 Å². The van der Waals surface area contributed by atoms with E-state index in [1.807, 2.05) is 42.5 Å². The minimum atomic E-state index is -0.836. The molecule has 0 aromatic heterocycles. The van der Waals surface area contributed by atoms with E-state index >= 15 is 0 Å². The van der Waals surface area contributed by atoms with Crippen molar-refractivity contribution in [3.8, 4) is 0 Å². The second-order valence-corrected chi connectivity index (χ2v) is 6.48. The molecule has 0 radical (unpaired) electrons. The van der Waals surface area contributed by atoms with Gasteiger partial charge in [-0.15, -0.1) is 0 Å². The Labute approximate surface area is 153 Å². The zero-order chi connectivity index (χ0) is 18.4. The maximum Gasteiger partial charge on any atom is 0.331 e. The lowest BCUT2D eigenvalue weighted by Crippen LogP contribution is -2.39. The quantitative estimate of drug-likeness (QED) is 0.659. The van der Waals surface area contributed by atoms with Crippen molar-refractivity contribution in [2.75, 3.05) is 0 Å². The van der Waals surface area contributed by atoms with Crippen molar-refractivity contribution in [1.29, 1.82) is 0 Å². The first-order chi connectivity index (χ1) is 12.6. The number of ether oxygens (including phenoxy) is 1. The topological polar surface area (TPSA) is 55.4 Å². The van der Waals surface area contributed by atoms with E-state index in [-0.39, 0.29) is 11.9 Å². The molecule has 26 heavy (non-hydrogen) atoms. The van der Waals surface area contributed by atoms with Gasteiger partial charge in [0.2, 0.25) is 0 Å². The summed E-state index contributed by atoms with van der Waals surface area (Å²) in [5, 5.41) is 3.01. The van der Waals surface area contributed by atoms with Crippen molar-refractivity contribution in [3.63, 3.8) is 0 Å². The largest absolute Gasteiger partial charge is 0.449 e.